The summed E-state index contributed by atoms with van der Waals surface area (Å²) in [6.07, 6.45) is 2.30. The van der Waals surface area contributed by atoms with Crippen LogP contribution in [-0.2, 0) is 14.2 Å². The van der Waals surface area contributed by atoms with E-state index in [1.54, 1.807) is 0 Å². The van der Waals surface area contributed by atoms with Gasteiger partial charge >= 0.3 is 0 Å². The molecule has 0 rings (SSSR count). The topological polar surface area (TPSA) is 53.7 Å². The molecule has 0 saturated carbocycles. The molecule has 4 heteroatoms. The van der Waals surface area contributed by atoms with Crippen molar-refractivity contribution in [1.29, 1.82) is 0 Å². The first kappa shape index (κ1) is 13.8. The van der Waals surface area contributed by atoms with Crippen molar-refractivity contribution in [2.24, 2.45) is 5.73 Å². The zero-order valence-electron chi connectivity index (χ0n) is 9.17. The van der Waals surface area contributed by atoms with Crippen molar-refractivity contribution < 1.29 is 14.2 Å². The molecule has 4 nitrogen and oxygen atoms in total. The van der Waals surface area contributed by atoms with Gasteiger partial charge in [0.25, 0.3) is 0 Å². The molecule has 0 radical (unpaired) electrons. The van der Waals surface area contributed by atoms with E-state index in [2.05, 4.69) is 6.92 Å². The lowest BCUT2D eigenvalue weighted by atomic mass is 10.4. The van der Waals surface area contributed by atoms with Crippen LogP contribution < -0.4 is 5.73 Å². The van der Waals surface area contributed by atoms with Crippen LogP contribution in [0.1, 0.15) is 19.8 Å². The summed E-state index contributed by atoms with van der Waals surface area (Å²) in [7, 11) is 0. The standard InChI is InChI=1S/C10H23NO3/c1-2-3-5-12-7-9-14-10-8-13-6-4-11/h2-11H2,1H3. The van der Waals surface area contributed by atoms with Crippen LogP contribution in [0.25, 0.3) is 0 Å². The van der Waals surface area contributed by atoms with Gasteiger partial charge in [-0.25, -0.2) is 0 Å². The average Bonchev–Trinajstić information content (AvgIpc) is 2.21. The monoisotopic (exact) mass is 205 g/mol. The normalized spacial score (nSPS) is 10.7. The quantitative estimate of drug-likeness (QED) is 0.507. The fourth-order valence-corrected chi connectivity index (χ4v) is 0.872. The van der Waals surface area contributed by atoms with E-state index in [0.717, 1.165) is 13.0 Å². The molecule has 0 aromatic rings. The summed E-state index contributed by atoms with van der Waals surface area (Å²) < 4.78 is 15.7. The fourth-order valence-electron chi connectivity index (χ4n) is 0.872. The summed E-state index contributed by atoms with van der Waals surface area (Å²) in [5.74, 6) is 0. The molecule has 2 N–H and O–H groups in total. The molecule has 0 unspecified atom stereocenters. The minimum atomic E-state index is 0.570. The Morgan fingerprint density at radius 1 is 0.786 bits per heavy atom. The lowest BCUT2D eigenvalue weighted by Crippen LogP contribution is -2.13. The number of hydrogen-bond acceptors (Lipinski definition) is 4. The summed E-state index contributed by atoms with van der Waals surface area (Å²) in [6, 6.07) is 0. The van der Waals surface area contributed by atoms with Gasteiger partial charge in [0.1, 0.15) is 0 Å². The second-order valence-electron chi connectivity index (χ2n) is 2.98. The molecule has 0 aliphatic carbocycles. The van der Waals surface area contributed by atoms with E-state index in [0.29, 0.717) is 39.6 Å². The van der Waals surface area contributed by atoms with E-state index in [-0.39, 0.29) is 0 Å². The molecule has 0 heterocycles. The molecule has 0 aliphatic rings. The maximum absolute atomic E-state index is 5.32. The highest BCUT2D eigenvalue weighted by molar-refractivity contribution is 4.35. The van der Waals surface area contributed by atoms with Gasteiger partial charge in [-0.05, 0) is 6.42 Å². The Labute approximate surface area is 86.7 Å². The molecule has 0 spiro atoms. The predicted molar refractivity (Wildman–Crippen MR) is 56.4 cm³/mol. The molecule has 14 heavy (non-hydrogen) atoms. The Bertz CT molecular complexity index is 89.4. The zero-order chi connectivity index (χ0) is 10.5. The predicted octanol–water partition coefficient (Wildman–Crippen LogP) is 0.795. The van der Waals surface area contributed by atoms with Crippen molar-refractivity contribution in [3.63, 3.8) is 0 Å². The molecule has 0 aromatic heterocycles. The smallest absolute Gasteiger partial charge is 0.0701 e. The summed E-state index contributed by atoms with van der Waals surface area (Å²) in [4.78, 5) is 0. The van der Waals surface area contributed by atoms with Crippen LogP contribution in [0, 0.1) is 0 Å². The highest BCUT2D eigenvalue weighted by Gasteiger charge is 1.90. The molecule has 0 amide bonds. The molecule has 0 aromatic carbocycles. The van der Waals surface area contributed by atoms with Gasteiger partial charge in [-0.1, -0.05) is 13.3 Å². The number of unbranched alkanes of at least 4 members (excludes halogenated alkanes) is 1. The van der Waals surface area contributed by atoms with E-state index in [1.165, 1.54) is 6.42 Å². The van der Waals surface area contributed by atoms with Crippen molar-refractivity contribution in [2.75, 3.05) is 46.2 Å². The van der Waals surface area contributed by atoms with Gasteiger partial charge in [0.15, 0.2) is 0 Å². The Hall–Kier alpha value is -0.160. The van der Waals surface area contributed by atoms with Crippen molar-refractivity contribution >= 4 is 0 Å². The minimum Gasteiger partial charge on any atom is -0.379 e. The van der Waals surface area contributed by atoms with E-state index >= 15 is 0 Å². The summed E-state index contributed by atoms with van der Waals surface area (Å²) in [5.41, 5.74) is 5.25. The third kappa shape index (κ3) is 11.8. The van der Waals surface area contributed by atoms with Crippen molar-refractivity contribution in [3.8, 4) is 0 Å². The van der Waals surface area contributed by atoms with Gasteiger partial charge in [0.05, 0.1) is 33.0 Å². The first-order chi connectivity index (χ1) is 6.91. The number of nitrogens with two attached hydrogens (primary N) is 1. The van der Waals surface area contributed by atoms with Gasteiger partial charge in [-0.3, -0.25) is 0 Å². The Morgan fingerprint density at radius 2 is 1.29 bits per heavy atom. The summed E-state index contributed by atoms with van der Waals surface area (Å²) in [6.45, 7) is 6.73. The highest BCUT2D eigenvalue weighted by Crippen LogP contribution is 1.87. The van der Waals surface area contributed by atoms with Crippen LogP contribution in [0.4, 0.5) is 0 Å². The van der Waals surface area contributed by atoms with Gasteiger partial charge in [0.2, 0.25) is 0 Å². The van der Waals surface area contributed by atoms with Gasteiger partial charge in [-0.15, -0.1) is 0 Å². The van der Waals surface area contributed by atoms with Crippen LogP contribution in [0.15, 0.2) is 0 Å². The van der Waals surface area contributed by atoms with Crippen molar-refractivity contribution in [1.82, 2.24) is 0 Å². The Kier molecular flexibility index (Phi) is 12.7. The van der Waals surface area contributed by atoms with E-state index in [1.807, 2.05) is 0 Å². The number of hydrogen-bond donors (Lipinski definition) is 1. The third-order valence-electron chi connectivity index (χ3n) is 1.65. The number of rotatable bonds is 11. The first-order valence-electron chi connectivity index (χ1n) is 5.35. The maximum Gasteiger partial charge on any atom is 0.0701 e. The van der Waals surface area contributed by atoms with Gasteiger partial charge in [-0.2, -0.15) is 0 Å². The second kappa shape index (κ2) is 12.8. The first-order valence-corrected chi connectivity index (χ1v) is 5.35. The molecule has 0 fully saturated rings. The highest BCUT2D eigenvalue weighted by atomic mass is 16.5. The zero-order valence-corrected chi connectivity index (χ0v) is 9.17. The molecule has 0 saturated heterocycles. The van der Waals surface area contributed by atoms with E-state index < -0.39 is 0 Å². The maximum atomic E-state index is 5.32. The lowest BCUT2D eigenvalue weighted by molar-refractivity contribution is 0.0155. The Balaban J connectivity index is 2.78. The van der Waals surface area contributed by atoms with Crippen LogP contribution >= 0.6 is 0 Å². The van der Waals surface area contributed by atoms with Gasteiger partial charge in [0, 0.05) is 13.2 Å². The third-order valence-corrected chi connectivity index (χ3v) is 1.65. The van der Waals surface area contributed by atoms with Crippen LogP contribution in [-0.4, -0.2) is 46.2 Å². The van der Waals surface area contributed by atoms with Crippen LogP contribution in [0.3, 0.4) is 0 Å². The van der Waals surface area contributed by atoms with Gasteiger partial charge < -0.3 is 19.9 Å². The molecule has 0 atom stereocenters. The number of ether oxygens (including phenoxy) is 3. The second-order valence-corrected chi connectivity index (χ2v) is 2.98. The van der Waals surface area contributed by atoms with Crippen LogP contribution in [0.2, 0.25) is 0 Å². The Morgan fingerprint density at radius 3 is 1.79 bits per heavy atom. The van der Waals surface area contributed by atoms with Crippen molar-refractivity contribution in [2.45, 2.75) is 19.8 Å². The molecule has 0 aliphatic heterocycles. The molecule has 86 valence electrons. The van der Waals surface area contributed by atoms with Crippen molar-refractivity contribution in [3.05, 3.63) is 0 Å². The SMILES string of the molecule is CCCCOCCOCCOCCN. The van der Waals surface area contributed by atoms with Crippen LogP contribution in [0.5, 0.6) is 0 Å². The summed E-state index contributed by atoms with van der Waals surface area (Å²) in [5, 5.41) is 0. The van der Waals surface area contributed by atoms with E-state index in [9.17, 15) is 0 Å². The summed E-state index contributed by atoms with van der Waals surface area (Å²) >= 11 is 0. The largest absolute Gasteiger partial charge is 0.379 e. The molecule has 0 bridgehead atoms. The molecular formula is C10H23NO3. The van der Waals surface area contributed by atoms with E-state index in [4.69, 9.17) is 19.9 Å². The minimum absolute atomic E-state index is 0.570. The average molecular weight is 205 g/mol. The fraction of sp³-hybridized carbons (Fsp3) is 1.00. The molecular weight excluding hydrogens is 182 g/mol. The lowest BCUT2D eigenvalue weighted by Gasteiger charge is -2.05.